The van der Waals surface area contributed by atoms with Crippen molar-refractivity contribution in [2.75, 3.05) is 20.4 Å². The summed E-state index contributed by atoms with van der Waals surface area (Å²) in [5.41, 5.74) is 0.643. The molecule has 7 heteroatoms. The third-order valence-corrected chi connectivity index (χ3v) is 2.50. The van der Waals surface area contributed by atoms with Crippen molar-refractivity contribution >= 4 is 16.9 Å². The highest BCUT2D eigenvalue weighted by molar-refractivity contribution is 7.83. The van der Waals surface area contributed by atoms with Crippen molar-refractivity contribution < 1.29 is 13.7 Å². The molecule has 16 heavy (non-hydrogen) atoms. The van der Waals surface area contributed by atoms with Crippen molar-refractivity contribution in [3.05, 3.63) is 11.8 Å². The van der Waals surface area contributed by atoms with E-state index >= 15 is 0 Å². The number of hydrogen-bond donors (Lipinski definition) is 0. The van der Waals surface area contributed by atoms with Gasteiger partial charge in [-0.1, -0.05) is 0 Å². The number of carbonyl (C=O) groups excluding carboxylic acids is 1. The van der Waals surface area contributed by atoms with Gasteiger partial charge in [-0.15, -0.1) is 0 Å². The Morgan fingerprint density at radius 2 is 2.25 bits per heavy atom. The summed E-state index contributed by atoms with van der Waals surface area (Å²) in [7, 11) is 3.90. The molecular weight excluding hydrogens is 230 g/mol. The van der Waals surface area contributed by atoms with Crippen LogP contribution in [0.25, 0.3) is 0 Å². The van der Waals surface area contributed by atoms with Gasteiger partial charge in [0.05, 0.1) is 11.4 Å². The van der Waals surface area contributed by atoms with E-state index in [1.165, 1.54) is 9.58 Å². The van der Waals surface area contributed by atoms with Gasteiger partial charge in [0.1, 0.15) is 0 Å². The second kappa shape index (κ2) is 5.11. The first-order valence-corrected chi connectivity index (χ1v) is 6.35. The largest absolute Gasteiger partial charge is 0.416 e. The average molecular weight is 245 g/mol. The van der Waals surface area contributed by atoms with E-state index in [2.05, 4.69) is 5.10 Å². The summed E-state index contributed by atoms with van der Waals surface area (Å²) in [6.45, 7) is 0. The van der Waals surface area contributed by atoms with E-state index in [1.807, 2.05) is 0 Å². The molecule has 0 fully saturated rings. The summed E-state index contributed by atoms with van der Waals surface area (Å²) in [4.78, 5) is 12.6. The Hall–Kier alpha value is -1.37. The van der Waals surface area contributed by atoms with E-state index in [1.54, 1.807) is 33.5 Å². The molecule has 1 rings (SSSR count). The van der Waals surface area contributed by atoms with Crippen LogP contribution in [0.5, 0.6) is 5.88 Å². The molecule has 6 nitrogen and oxygen atoms in total. The normalized spacial score (nSPS) is 12.2. The molecule has 0 aliphatic heterocycles. The van der Waals surface area contributed by atoms with Gasteiger partial charge in [0.15, 0.2) is 0 Å². The maximum Gasteiger partial charge on any atom is 0.416 e. The van der Waals surface area contributed by atoms with Crippen LogP contribution >= 0.6 is 0 Å². The first-order valence-electron chi connectivity index (χ1n) is 4.62. The van der Waals surface area contributed by atoms with Crippen molar-refractivity contribution in [1.82, 2.24) is 14.7 Å². The van der Waals surface area contributed by atoms with Crippen LogP contribution in [0.1, 0.15) is 5.69 Å². The average Bonchev–Trinajstić information content (AvgIpc) is 2.45. The van der Waals surface area contributed by atoms with Crippen LogP contribution in [0.2, 0.25) is 0 Å². The molecule has 1 aromatic rings. The van der Waals surface area contributed by atoms with Gasteiger partial charge in [0.2, 0.25) is 5.88 Å². The van der Waals surface area contributed by atoms with E-state index in [-0.39, 0.29) is 0 Å². The summed E-state index contributed by atoms with van der Waals surface area (Å²) in [5, 5.41) is 4.09. The maximum absolute atomic E-state index is 11.3. The predicted molar refractivity (Wildman–Crippen MR) is 60.7 cm³/mol. The first-order chi connectivity index (χ1) is 7.40. The third kappa shape index (κ3) is 3.34. The molecule has 1 aromatic heterocycles. The Labute approximate surface area is 96.6 Å². The van der Waals surface area contributed by atoms with Gasteiger partial charge >= 0.3 is 6.09 Å². The Balaban J connectivity index is 2.78. The van der Waals surface area contributed by atoms with Gasteiger partial charge in [-0.05, 0) is 0 Å². The summed E-state index contributed by atoms with van der Waals surface area (Å²) >= 11 is 0. The molecular formula is C9H15N3O3S. The van der Waals surface area contributed by atoms with E-state index in [0.29, 0.717) is 17.3 Å². The number of aromatic nitrogens is 2. The van der Waals surface area contributed by atoms with Gasteiger partial charge in [-0.25, -0.2) is 9.48 Å². The van der Waals surface area contributed by atoms with Crippen molar-refractivity contribution in [2.24, 2.45) is 7.05 Å². The second-order valence-corrected chi connectivity index (χ2v) is 5.01. The topological polar surface area (TPSA) is 64.4 Å². The van der Waals surface area contributed by atoms with Gasteiger partial charge in [-0.3, -0.25) is 4.21 Å². The Morgan fingerprint density at radius 3 is 2.75 bits per heavy atom. The molecule has 1 amide bonds. The standard InChI is InChI=1S/C9H15N3O3S/c1-11(2)9(13)15-8-5-7(6-16(4)14)10-12(8)3/h5H,6H2,1-4H3. The number of carbonyl (C=O) groups is 1. The molecule has 1 heterocycles. The predicted octanol–water partition coefficient (Wildman–Crippen LogP) is 0.359. The zero-order chi connectivity index (χ0) is 12.3. The smallest absolute Gasteiger partial charge is 0.391 e. The lowest BCUT2D eigenvalue weighted by Crippen LogP contribution is -2.26. The zero-order valence-electron chi connectivity index (χ0n) is 9.76. The lowest BCUT2D eigenvalue weighted by atomic mass is 10.5. The maximum atomic E-state index is 11.3. The lowest BCUT2D eigenvalue weighted by molar-refractivity contribution is 0.168. The lowest BCUT2D eigenvalue weighted by Gasteiger charge is -2.09. The van der Waals surface area contributed by atoms with E-state index in [0.717, 1.165) is 0 Å². The molecule has 0 radical (unpaired) electrons. The Bertz CT molecular complexity index is 414. The monoisotopic (exact) mass is 245 g/mol. The zero-order valence-corrected chi connectivity index (χ0v) is 10.6. The van der Waals surface area contributed by atoms with Crippen LogP contribution in [0.15, 0.2) is 6.07 Å². The minimum atomic E-state index is -0.960. The van der Waals surface area contributed by atoms with Crippen LogP contribution < -0.4 is 4.74 Å². The van der Waals surface area contributed by atoms with E-state index in [9.17, 15) is 9.00 Å². The molecule has 0 N–H and O–H groups in total. The van der Waals surface area contributed by atoms with Crippen molar-refractivity contribution in [3.8, 4) is 5.88 Å². The van der Waals surface area contributed by atoms with Gasteiger partial charge in [0, 0.05) is 44.3 Å². The fraction of sp³-hybridized carbons (Fsp3) is 0.556. The highest BCUT2D eigenvalue weighted by Gasteiger charge is 2.12. The number of amides is 1. The van der Waals surface area contributed by atoms with Gasteiger partial charge < -0.3 is 9.64 Å². The van der Waals surface area contributed by atoms with Crippen LogP contribution in [0.3, 0.4) is 0 Å². The van der Waals surface area contributed by atoms with E-state index < -0.39 is 16.9 Å². The molecule has 0 saturated carbocycles. The second-order valence-electron chi connectivity index (χ2n) is 3.58. The minimum Gasteiger partial charge on any atom is -0.391 e. The molecule has 0 spiro atoms. The van der Waals surface area contributed by atoms with E-state index in [4.69, 9.17) is 4.74 Å². The number of rotatable bonds is 3. The van der Waals surface area contributed by atoms with Crippen LogP contribution in [0.4, 0.5) is 4.79 Å². The number of hydrogen-bond acceptors (Lipinski definition) is 4. The van der Waals surface area contributed by atoms with Crippen LogP contribution in [-0.2, 0) is 23.6 Å². The molecule has 90 valence electrons. The van der Waals surface area contributed by atoms with Crippen molar-refractivity contribution in [2.45, 2.75) is 5.75 Å². The SMILES string of the molecule is CN(C)C(=O)Oc1cc(CS(C)=O)nn1C. The summed E-state index contributed by atoms with van der Waals surface area (Å²) in [6.07, 6.45) is 1.13. The summed E-state index contributed by atoms with van der Waals surface area (Å²) in [6, 6.07) is 1.61. The third-order valence-electron chi connectivity index (χ3n) is 1.80. The summed E-state index contributed by atoms with van der Waals surface area (Å²) in [5.74, 6) is 0.701. The minimum absolute atomic E-state index is 0.346. The first kappa shape index (κ1) is 12.7. The van der Waals surface area contributed by atoms with Crippen molar-refractivity contribution in [3.63, 3.8) is 0 Å². The molecule has 0 bridgehead atoms. The molecule has 0 aliphatic rings. The fourth-order valence-electron chi connectivity index (χ4n) is 1.06. The Morgan fingerprint density at radius 1 is 1.62 bits per heavy atom. The Kier molecular flexibility index (Phi) is 4.05. The highest BCUT2D eigenvalue weighted by atomic mass is 32.2. The fourth-order valence-corrected chi connectivity index (χ4v) is 1.62. The van der Waals surface area contributed by atoms with Crippen molar-refractivity contribution in [1.29, 1.82) is 0 Å². The van der Waals surface area contributed by atoms with Crippen LogP contribution in [-0.4, -0.2) is 45.3 Å². The summed E-state index contributed by atoms with van der Waals surface area (Å²) < 4.78 is 17.5. The quantitative estimate of drug-likeness (QED) is 0.771. The van der Waals surface area contributed by atoms with Gasteiger partial charge in [-0.2, -0.15) is 5.10 Å². The molecule has 1 unspecified atom stereocenters. The highest BCUT2D eigenvalue weighted by Crippen LogP contribution is 2.13. The van der Waals surface area contributed by atoms with Crippen LogP contribution in [0, 0.1) is 0 Å². The number of aryl methyl sites for hydroxylation is 1. The molecule has 1 atom stereocenters. The molecule has 0 aliphatic carbocycles. The number of nitrogens with zero attached hydrogens (tertiary/aromatic N) is 3. The number of ether oxygens (including phenoxy) is 1. The molecule has 0 aromatic carbocycles. The molecule has 0 saturated heterocycles. The van der Waals surface area contributed by atoms with Gasteiger partial charge in [0.25, 0.3) is 0 Å².